The Balaban J connectivity index is 2.45. The SMILES string of the molecule is CC(=O)NC1=CCC=C1. The second-order valence-electron chi connectivity index (χ2n) is 1.98. The van der Waals surface area contributed by atoms with Crippen molar-refractivity contribution in [2.45, 2.75) is 13.3 Å². The molecule has 9 heavy (non-hydrogen) atoms. The molecule has 0 heterocycles. The number of hydrogen-bond acceptors (Lipinski definition) is 1. The lowest BCUT2D eigenvalue weighted by Crippen LogP contribution is -2.16. The Labute approximate surface area is 54.3 Å². The quantitative estimate of drug-likeness (QED) is 0.553. The summed E-state index contributed by atoms with van der Waals surface area (Å²) >= 11 is 0. The van der Waals surface area contributed by atoms with E-state index < -0.39 is 0 Å². The fraction of sp³-hybridized carbons (Fsp3) is 0.286. The van der Waals surface area contributed by atoms with Crippen LogP contribution < -0.4 is 5.32 Å². The summed E-state index contributed by atoms with van der Waals surface area (Å²) in [6, 6.07) is 0. The second-order valence-corrected chi connectivity index (χ2v) is 1.98. The van der Waals surface area contributed by atoms with E-state index in [-0.39, 0.29) is 5.91 Å². The van der Waals surface area contributed by atoms with Gasteiger partial charge < -0.3 is 5.32 Å². The molecule has 1 N–H and O–H groups in total. The van der Waals surface area contributed by atoms with Gasteiger partial charge in [-0.25, -0.2) is 0 Å². The molecule has 1 rings (SSSR count). The van der Waals surface area contributed by atoms with Gasteiger partial charge in [0.15, 0.2) is 0 Å². The molecule has 2 nitrogen and oxygen atoms in total. The number of nitrogens with one attached hydrogen (secondary N) is 1. The Hall–Kier alpha value is -1.05. The zero-order valence-corrected chi connectivity index (χ0v) is 5.35. The van der Waals surface area contributed by atoms with E-state index in [0.717, 1.165) is 12.1 Å². The third-order valence-electron chi connectivity index (χ3n) is 1.09. The summed E-state index contributed by atoms with van der Waals surface area (Å²) in [5.41, 5.74) is 0.919. The van der Waals surface area contributed by atoms with Gasteiger partial charge in [0.2, 0.25) is 5.91 Å². The van der Waals surface area contributed by atoms with Gasteiger partial charge in [0, 0.05) is 12.6 Å². The van der Waals surface area contributed by atoms with Crippen molar-refractivity contribution in [1.82, 2.24) is 5.32 Å². The lowest BCUT2D eigenvalue weighted by atomic mass is 10.4. The molecular formula is C7H9NO. The van der Waals surface area contributed by atoms with Gasteiger partial charge in [-0.1, -0.05) is 12.2 Å². The molecule has 0 radical (unpaired) electrons. The van der Waals surface area contributed by atoms with Crippen LogP contribution in [-0.4, -0.2) is 5.91 Å². The van der Waals surface area contributed by atoms with Crippen molar-refractivity contribution in [3.05, 3.63) is 23.9 Å². The number of hydrogen-bond donors (Lipinski definition) is 1. The molecule has 0 aromatic carbocycles. The molecule has 2 heteroatoms. The van der Waals surface area contributed by atoms with E-state index in [4.69, 9.17) is 0 Å². The molecule has 0 saturated carbocycles. The normalized spacial score (nSPS) is 15.4. The molecule has 0 aromatic heterocycles. The molecular weight excluding hydrogens is 114 g/mol. The fourth-order valence-corrected chi connectivity index (χ4v) is 0.754. The Bertz CT molecular complexity index is 179. The third kappa shape index (κ3) is 1.72. The van der Waals surface area contributed by atoms with Crippen LogP contribution in [0.2, 0.25) is 0 Å². The zero-order chi connectivity index (χ0) is 6.69. The summed E-state index contributed by atoms with van der Waals surface area (Å²) in [6.07, 6.45) is 6.82. The highest BCUT2D eigenvalue weighted by atomic mass is 16.1. The molecule has 1 aliphatic carbocycles. The first kappa shape index (κ1) is 6.08. The van der Waals surface area contributed by atoms with Gasteiger partial charge >= 0.3 is 0 Å². The van der Waals surface area contributed by atoms with Crippen molar-refractivity contribution in [3.63, 3.8) is 0 Å². The highest BCUT2D eigenvalue weighted by Crippen LogP contribution is 2.03. The smallest absolute Gasteiger partial charge is 0.221 e. The Morgan fingerprint density at radius 2 is 2.56 bits per heavy atom. The maximum absolute atomic E-state index is 10.4. The molecule has 0 aromatic rings. The lowest BCUT2D eigenvalue weighted by Gasteiger charge is -1.96. The van der Waals surface area contributed by atoms with Crippen molar-refractivity contribution in [3.8, 4) is 0 Å². The van der Waals surface area contributed by atoms with E-state index in [0.29, 0.717) is 0 Å². The van der Waals surface area contributed by atoms with Gasteiger partial charge in [-0.2, -0.15) is 0 Å². The average Bonchev–Trinajstić information content (AvgIpc) is 2.15. The van der Waals surface area contributed by atoms with Gasteiger partial charge in [-0.15, -0.1) is 0 Å². The predicted octanol–water partition coefficient (Wildman–Crippen LogP) is 0.966. The van der Waals surface area contributed by atoms with E-state index in [1.165, 1.54) is 6.92 Å². The lowest BCUT2D eigenvalue weighted by molar-refractivity contribution is -0.118. The molecule has 0 bridgehead atoms. The van der Waals surface area contributed by atoms with Gasteiger partial charge in [-0.05, 0) is 12.5 Å². The molecule has 0 unspecified atom stereocenters. The minimum Gasteiger partial charge on any atom is -0.327 e. The molecule has 0 spiro atoms. The van der Waals surface area contributed by atoms with Crippen LogP contribution in [0.5, 0.6) is 0 Å². The number of amides is 1. The standard InChI is InChI=1S/C7H9NO/c1-6(9)8-7-4-2-3-5-7/h2,4-5H,3H2,1H3,(H,8,9). The maximum atomic E-state index is 10.4. The first-order chi connectivity index (χ1) is 4.29. The molecule has 0 fully saturated rings. The minimum absolute atomic E-state index is 0.00667. The minimum atomic E-state index is -0.00667. The van der Waals surface area contributed by atoms with E-state index in [1.807, 2.05) is 18.2 Å². The first-order valence-corrected chi connectivity index (χ1v) is 2.93. The molecule has 1 amide bonds. The first-order valence-electron chi connectivity index (χ1n) is 2.93. The second kappa shape index (κ2) is 2.49. The van der Waals surface area contributed by atoms with Crippen LogP contribution in [0, 0.1) is 0 Å². The van der Waals surface area contributed by atoms with E-state index in [2.05, 4.69) is 5.32 Å². The zero-order valence-electron chi connectivity index (χ0n) is 5.35. The van der Waals surface area contributed by atoms with Gasteiger partial charge in [0.1, 0.15) is 0 Å². The predicted molar refractivity (Wildman–Crippen MR) is 35.7 cm³/mol. The highest BCUT2D eigenvalue weighted by molar-refractivity contribution is 5.75. The number of allylic oxidation sites excluding steroid dienone is 3. The highest BCUT2D eigenvalue weighted by Gasteiger charge is 1.96. The van der Waals surface area contributed by atoms with Crippen LogP contribution >= 0.6 is 0 Å². The van der Waals surface area contributed by atoms with Gasteiger partial charge in [-0.3, -0.25) is 4.79 Å². The van der Waals surface area contributed by atoms with E-state index >= 15 is 0 Å². The van der Waals surface area contributed by atoms with Crippen molar-refractivity contribution in [2.75, 3.05) is 0 Å². The van der Waals surface area contributed by atoms with Crippen molar-refractivity contribution >= 4 is 5.91 Å². The van der Waals surface area contributed by atoms with E-state index in [1.54, 1.807) is 0 Å². The van der Waals surface area contributed by atoms with E-state index in [9.17, 15) is 4.79 Å². The summed E-state index contributed by atoms with van der Waals surface area (Å²) in [6.45, 7) is 1.51. The largest absolute Gasteiger partial charge is 0.327 e. The van der Waals surface area contributed by atoms with Crippen LogP contribution in [0.25, 0.3) is 0 Å². The van der Waals surface area contributed by atoms with Gasteiger partial charge in [0.05, 0.1) is 0 Å². The van der Waals surface area contributed by atoms with Crippen molar-refractivity contribution in [1.29, 1.82) is 0 Å². The Morgan fingerprint density at radius 3 is 3.00 bits per heavy atom. The van der Waals surface area contributed by atoms with Crippen molar-refractivity contribution in [2.24, 2.45) is 0 Å². The summed E-state index contributed by atoms with van der Waals surface area (Å²) < 4.78 is 0. The number of carbonyl (C=O) groups excluding carboxylic acids is 1. The molecule has 1 aliphatic rings. The van der Waals surface area contributed by atoms with Crippen LogP contribution in [-0.2, 0) is 4.79 Å². The molecule has 48 valence electrons. The fourth-order valence-electron chi connectivity index (χ4n) is 0.754. The Kier molecular flexibility index (Phi) is 1.68. The van der Waals surface area contributed by atoms with Gasteiger partial charge in [0.25, 0.3) is 0 Å². The van der Waals surface area contributed by atoms with Crippen LogP contribution in [0.1, 0.15) is 13.3 Å². The molecule has 0 aliphatic heterocycles. The van der Waals surface area contributed by atoms with Crippen LogP contribution in [0.15, 0.2) is 23.9 Å². The maximum Gasteiger partial charge on any atom is 0.221 e. The van der Waals surface area contributed by atoms with Crippen molar-refractivity contribution < 1.29 is 4.79 Å². The number of carbonyl (C=O) groups is 1. The average molecular weight is 123 g/mol. The van der Waals surface area contributed by atoms with Crippen LogP contribution in [0.4, 0.5) is 0 Å². The molecule has 0 atom stereocenters. The third-order valence-corrected chi connectivity index (χ3v) is 1.09. The topological polar surface area (TPSA) is 29.1 Å². The monoisotopic (exact) mass is 123 g/mol. The molecule has 0 saturated heterocycles. The Morgan fingerprint density at radius 1 is 1.78 bits per heavy atom. The summed E-state index contributed by atoms with van der Waals surface area (Å²) in [5.74, 6) is -0.00667. The summed E-state index contributed by atoms with van der Waals surface area (Å²) in [7, 11) is 0. The number of rotatable bonds is 1. The summed E-state index contributed by atoms with van der Waals surface area (Å²) in [5, 5.41) is 2.68. The summed E-state index contributed by atoms with van der Waals surface area (Å²) in [4.78, 5) is 10.4. The van der Waals surface area contributed by atoms with Crippen LogP contribution in [0.3, 0.4) is 0 Å².